The molecule has 2 aliphatic carbocycles. The van der Waals surface area contributed by atoms with Crippen molar-refractivity contribution >= 4 is 5.82 Å². The van der Waals surface area contributed by atoms with Crippen molar-refractivity contribution < 1.29 is 18.3 Å². The number of hydrogen-bond acceptors (Lipinski definition) is 4. The largest absolute Gasteiger partial charge is 0.419 e. The van der Waals surface area contributed by atoms with Crippen LogP contribution in [0.2, 0.25) is 0 Å². The third-order valence-corrected chi connectivity index (χ3v) is 5.54. The van der Waals surface area contributed by atoms with E-state index in [1.54, 1.807) is 0 Å². The Morgan fingerprint density at radius 1 is 1.23 bits per heavy atom. The number of nitrogens with zero attached hydrogens (tertiary/aromatic N) is 3. The molecule has 140 valence electrons. The maximum absolute atomic E-state index is 13.1. The number of halogens is 3. The van der Waals surface area contributed by atoms with Gasteiger partial charge in [0.15, 0.2) is 0 Å². The summed E-state index contributed by atoms with van der Waals surface area (Å²) in [5.41, 5.74) is 6.25. The van der Waals surface area contributed by atoms with E-state index >= 15 is 0 Å². The number of nitrogen functional groups attached to an aromatic ring is 1. The molecule has 8 heteroatoms. The molecule has 2 heterocycles. The van der Waals surface area contributed by atoms with Gasteiger partial charge < -0.3 is 10.8 Å². The van der Waals surface area contributed by atoms with Crippen LogP contribution in [0.25, 0.3) is 11.3 Å². The van der Waals surface area contributed by atoms with Gasteiger partial charge >= 0.3 is 6.18 Å². The van der Waals surface area contributed by atoms with E-state index in [2.05, 4.69) is 10.1 Å². The van der Waals surface area contributed by atoms with Crippen LogP contribution in [0.1, 0.15) is 49.9 Å². The Labute approximate surface area is 149 Å². The Bertz CT molecular complexity index is 833. The van der Waals surface area contributed by atoms with Crippen LogP contribution in [0.15, 0.2) is 18.3 Å². The molecule has 0 unspecified atom stereocenters. The van der Waals surface area contributed by atoms with Gasteiger partial charge in [-0.05, 0) is 50.7 Å². The van der Waals surface area contributed by atoms with E-state index in [4.69, 9.17) is 5.73 Å². The van der Waals surface area contributed by atoms with Crippen molar-refractivity contribution in [1.29, 1.82) is 0 Å². The lowest BCUT2D eigenvalue weighted by Gasteiger charge is -2.13. The van der Waals surface area contributed by atoms with Crippen LogP contribution < -0.4 is 5.73 Å². The molecule has 0 spiro atoms. The van der Waals surface area contributed by atoms with Gasteiger partial charge in [0, 0.05) is 29.4 Å². The Morgan fingerprint density at radius 3 is 2.46 bits per heavy atom. The number of aliphatic hydroxyl groups is 1. The zero-order valence-electron chi connectivity index (χ0n) is 14.5. The molecule has 2 aromatic rings. The van der Waals surface area contributed by atoms with Crippen molar-refractivity contribution in [3.05, 3.63) is 29.6 Å². The topological polar surface area (TPSA) is 77.0 Å². The van der Waals surface area contributed by atoms with Gasteiger partial charge in [-0.15, -0.1) is 0 Å². The Balaban J connectivity index is 1.72. The van der Waals surface area contributed by atoms with Crippen molar-refractivity contribution in [3.63, 3.8) is 0 Å². The predicted molar refractivity (Wildman–Crippen MR) is 90.2 cm³/mol. The second-order valence-corrected chi connectivity index (χ2v) is 7.63. The average molecular weight is 366 g/mol. The van der Waals surface area contributed by atoms with Crippen LogP contribution in [0.3, 0.4) is 0 Å². The molecular weight excluding hydrogens is 345 g/mol. The first-order valence-electron chi connectivity index (χ1n) is 8.77. The van der Waals surface area contributed by atoms with Gasteiger partial charge in [-0.25, -0.2) is 4.98 Å². The summed E-state index contributed by atoms with van der Waals surface area (Å²) >= 11 is 0. The number of rotatable bonds is 3. The van der Waals surface area contributed by atoms with Crippen LogP contribution in [0, 0.1) is 11.8 Å². The first-order valence-corrected chi connectivity index (χ1v) is 8.77. The Morgan fingerprint density at radius 2 is 1.88 bits per heavy atom. The molecule has 0 bridgehead atoms. The summed E-state index contributed by atoms with van der Waals surface area (Å²) in [6, 6.07) is 2.97. The fourth-order valence-corrected chi connectivity index (χ4v) is 4.31. The SMILES string of the molecule is CC(C)n1nc(-c2cnc(N)c(C(F)(F)F)c2)cc1[C@H]1[C@@H]2C[C@H](O)C[C@@H]21. The quantitative estimate of drug-likeness (QED) is 0.870. The molecule has 26 heavy (non-hydrogen) atoms. The van der Waals surface area contributed by atoms with Gasteiger partial charge in [0.05, 0.1) is 17.4 Å². The van der Waals surface area contributed by atoms with Crippen molar-refractivity contribution in [1.82, 2.24) is 14.8 Å². The number of fused-ring (bicyclic) bond motifs is 1. The number of anilines is 1. The highest BCUT2D eigenvalue weighted by Crippen LogP contribution is 2.63. The minimum atomic E-state index is -4.56. The van der Waals surface area contributed by atoms with Crippen molar-refractivity contribution in [2.75, 3.05) is 5.73 Å². The van der Waals surface area contributed by atoms with Crippen molar-refractivity contribution in [3.8, 4) is 11.3 Å². The van der Waals surface area contributed by atoms with Crippen molar-refractivity contribution in [2.45, 2.75) is 50.9 Å². The molecule has 0 saturated heterocycles. The van der Waals surface area contributed by atoms with Crippen LogP contribution in [-0.4, -0.2) is 26.0 Å². The standard InChI is InChI=1S/C18H21F3N4O/c1-8(2)25-15(16-11-4-10(26)5-12(11)16)6-14(24-25)9-3-13(18(19,20)21)17(22)23-7-9/h3,6-8,10-12,16,26H,4-5H2,1-2H3,(H2,22,23)/t10-,11+,12-,16-. The molecule has 4 rings (SSSR count). The zero-order valence-corrected chi connectivity index (χ0v) is 14.5. The average Bonchev–Trinajstić information content (AvgIpc) is 2.91. The number of pyridine rings is 1. The van der Waals surface area contributed by atoms with Crippen molar-refractivity contribution in [2.24, 2.45) is 11.8 Å². The second-order valence-electron chi connectivity index (χ2n) is 7.63. The summed E-state index contributed by atoms with van der Waals surface area (Å²) in [4.78, 5) is 3.71. The van der Waals surface area contributed by atoms with Crippen LogP contribution in [-0.2, 0) is 6.18 Å². The molecule has 2 saturated carbocycles. The van der Waals surface area contributed by atoms with Gasteiger partial charge in [0.2, 0.25) is 0 Å². The molecule has 2 aromatic heterocycles. The highest BCUT2D eigenvalue weighted by atomic mass is 19.4. The molecule has 4 atom stereocenters. The molecule has 2 fully saturated rings. The molecular formula is C18H21F3N4O. The van der Waals surface area contributed by atoms with Crippen LogP contribution in [0.5, 0.6) is 0 Å². The molecule has 0 radical (unpaired) electrons. The molecule has 3 N–H and O–H groups in total. The van der Waals surface area contributed by atoms with E-state index in [9.17, 15) is 18.3 Å². The summed E-state index contributed by atoms with van der Waals surface area (Å²) in [6.07, 6.45) is -1.88. The first-order chi connectivity index (χ1) is 12.2. The zero-order chi connectivity index (χ0) is 18.8. The number of alkyl halides is 3. The summed E-state index contributed by atoms with van der Waals surface area (Å²) in [7, 11) is 0. The number of nitrogens with two attached hydrogens (primary N) is 1. The molecule has 2 aliphatic rings. The normalized spacial score (nSPS) is 27.8. The maximum atomic E-state index is 13.1. The van der Waals surface area contributed by atoms with E-state index in [0.29, 0.717) is 29.0 Å². The van der Waals surface area contributed by atoms with Crippen LogP contribution >= 0.6 is 0 Å². The number of hydrogen-bond donors (Lipinski definition) is 2. The predicted octanol–water partition coefficient (Wildman–Crippen LogP) is 3.61. The Hall–Kier alpha value is -2.09. The smallest absolute Gasteiger partial charge is 0.393 e. The van der Waals surface area contributed by atoms with Gasteiger partial charge in [-0.2, -0.15) is 18.3 Å². The van der Waals surface area contributed by atoms with Gasteiger partial charge in [0.1, 0.15) is 5.82 Å². The van der Waals surface area contributed by atoms with E-state index in [1.165, 1.54) is 6.20 Å². The van der Waals surface area contributed by atoms with E-state index in [1.807, 2.05) is 24.6 Å². The summed E-state index contributed by atoms with van der Waals surface area (Å²) in [5.74, 6) is 0.686. The molecule has 0 aliphatic heterocycles. The fourth-order valence-electron chi connectivity index (χ4n) is 4.31. The van der Waals surface area contributed by atoms with Gasteiger partial charge in [-0.3, -0.25) is 4.68 Å². The Kier molecular flexibility index (Phi) is 3.80. The number of aliphatic hydroxyl groups excluding tert-OH is 1. The highest BCUT2D eigenvalue weighted by molar-refractivity contribution is 5.63. The summed E-state index contributed by atoms with van der Waals surface area (Å²) < 4.78 is 41.2. The monoisotopic (exact) mass is 366 g/mol. The van der Waals surface area contributed by atoms with E-state index < -0.39 is 17.6 Å². The third-order valence-electron chi connectivity index (χ3n) is 5.54. The first kappa shape index (κ1) is 17.3. The van der Waals surface area contributed by atoms with Crippen LogP contribution in [0.4, 0.5) is 19.0 Å². The minimum absolute atomic E-state index is 0.0915. The lowest BCUT2D eigenvalue weighted by atomic mass is 10.0. The lowest BCUT2D eigenvalue weighted by Crippen LogP contribution is -2.11. The summed E-state index contributed by atoms with van der Waals surface area (Å²) in [5, 5.41) is 14.3. The lowest BCUT2D eigenvalue weighted by molar-refractivity contribution is -0.137. The van der Waals surface area contributed by atoms with Gasteiger partial charge in [0.25, 0.3) is 0 Å². The number of aromatic nitrogens is 3. The second kappa shape index (κ2) is 5.70. The maximum Gasteiger partial charge on any atom is 0.419 e. The minimum Gasteiger partial charge on any atom is -0.393 e. The fraction of sp³-hybridized carbons (Fsp3) is 0.556. The highest BCUT2D eigenvalue weighted by Gasteiger charge is 2.57. The summed E-state index contributed by atoms with van der Waals surface area (Å²) in [6.45, 7) is 3.99. The molecule has 0 amide bonds. The molecule has 0 aromatic carbocycles. The van der Waals surface area contributed by atoms with E-state index in [-0.39, 0.29) is 12.1 Å². The van der Waals surface area contributed by atoms with Gasteiger partial charge in [-0.1, -0.05) is 0 Å². The molecule has 5 nitrogen and oxygen atoms in total. The van der Waals surface area contributed by atoms with E-state index in [0.717, 1.165) is 24.6 Å². The third kappa shape index (κ3) is 2.76.